The van der Waals surface area contributed by atoms with Gasteiger partial charge in [-0.25, -0.2) is 0 Å². The highest BCUT2D eigenvalue weighted by atomic mass is 35.5. The van der Waals surface area contributed by atoms with Crippen LogP contribution in [0.2, 0.25) is 5.02 Å². The highest BCUT2D eigenvalue weighted by molar-refractivity contribution is 6.30. The summed E-state index contributed by atoms with van der Waals surface area (Å²) in [6.07, 6.45) is 0. The van der Waals surface area contributed by atoms with E-state index in [9.17, 15) is 0 Å². The van der Waals surface area contributed by atoms with Crippen molar-refractivity contribution in [3.63, 3.8) is 0 Å². The minimum Gasteiger partial charge on any atom is -0.484 e. The van der Waals surface area contributed by atoms with Crippen molar-refractivity contribution in [1.29, 1.82) is 0 Å². The average molecular weight is 376 g/mol. The Kier molecular flexibility index (Phi) is 3.80. The lowest BCUT2D eigenvalue weighted by atomic mass is 10.1. The number of fused-ring (bicyclic) bond motifs is 3. The van der Waals surface area contributed by atoms with Gasteiger partial charge in [-0.2, -0.15) is 0 Å². The Morgan fingerprint density at radius 3 is 2.59 bits per heavy atom. The standard InChI is InChI=1S/C21H14ClN3O2/c22-14-7-5-13(6-8-14)21-25-24-20(27-21)12-26-15-9-10-17-16-3-1-2-4-18(16)23-19(17)11-15/h1-11,23H,12H2. The number of para-hydroxylation sites is 1. The zero-order valence-corrected chi connectivity index (χ0v) is 14.9. The molecule has 0 amide bonds. The molecular weight excluding hydrogens is 362 g/mol. The molecule has 3 aromatic carbocycles. The van der Waals surface area contributed by atoms with Crippen molar-refractivity contribution in [2.24, 2.45) is 0 Å². The number of hydrogen-bond acceptors (Lipinski definition) is 4. The molecule has 5 aromatic rings. The molecule has 5 nitrogen and oxygen atoms in total. The quantitative estimate of drug-likeness (QED) is 0.444. The fourth-order valence-corrected chi connectivity index (χ4v) is 3.22. The summed E-state index contributed by atoms with van der Waals surface area (Å²) < 4.78 is 11.5. The van der Waals surface area contributed by atoms with Crippen molar-refractivity contribution in [1.82, 2.24) is 15.2 Å². The third-order valence-electron chi connectivity index (χ3n) is 4.40. The first kappa shape index (κ1) is 15.9. The molecule has 0 radical (unpaired) electrons. The highest BCUT2D eigenvalue weighted by Crippen LogP contribution is 2.28. The molecule has 0 unspecified atom stereocenters. The lowest BCUT2D eigenvalue weighted by Gasteiger charge is -2.03. The van der Waals surface area contributed by atoms with E-state index in [2.05, 4.69) is 33.4 Å². The number of benzene rings is 3. The lowest BCUT2D eigenvalue weighted by Crippen LogP contribution is -1.95. The van der Waals surface area contributed by atoms with E-state index in [-0.39, 0.29) is 6.61 Å². The fraction of sp³-hybridized carbons (Fsp3) is 0.0476. The second-order valence-corrected chi connectivity index (χ2v) is 6.61. The molecule has 0 atom stereocenters. The van der Waals surface area contributed by atoms with E-state index >= 15 is 0 Å². The van der Waals surface area contributed by atoms with Gasteiger partial charge in [0.1, 0.15) is 5.75 Å². The summed E-state index contributed by atoms with van der Waals surface area (Å²) in [7, 11) is 0. The van der Waals surface area contributed by atoms with Crippen molar-refractivity contribution in [2.45, 2.75) is 6.61 Å². The summed E-state index contributed by atoms with van der Waals surface area (Å²) in [5, 5.41) is 11.1. The number of aromatic nitrogens is 3. The Morgan fingerprint density at radius 1 is 0.889 bits per heavy atom. The third-order valence-corrected chi connectivity index (χ3v) is 4.65. The number of ether oxygens (including phenoxy) is 1. The van der Waals surface area contributed by atoms with Crippen LogP contribution in [0.1, 0.15) is 5.89 Å². The molecule has 0 fully saturated rings. The molecule has 0 saturated heterocycles. The maximum atomic E-state index is 5.90. The minimum atomic E-state index is 0.201. The van der Waals surface area contributed by atoms with Gasteiger partial charge in [-0.15, -0.1) is 10.2 Å². The monoisotopic (exact) mass is 375 g/mol. The molecule has 2 aromatic heterocycles. The van der Waals surface area contributed by atoms with E-state index in [0.29, 0.717) is 16.8 Å². The predicted molar refractivity (Wildman–Crippen MR) is 105 cm³/mol. The number of nitrogens with one attached hydrogen (secondary N) is 1. The summed E-state index contributed by atoms with van der Waals surface area (Å²) in [5.74, 6) is 1.59. The number of H-pyrrole nitrogens is 1. The van der Waals surface area contributed by atoms with Gasteiger partial charge < -0.3 is 14.1 Å². The molecule has 5 rings (SSSR count). The topological polar surface area (TPSA) is 63.9 Å². The fourth-order valence-electron chi connectivity index (χ4n) is 3.09. The molecule has 0 aliphatic heterocycles. The van der Waals surface area contributed by atoms with Gasteiger partial charge in [0.25, 0.3) is 5.89 Å². The summed E-state index contributed by atoms with van der Waals surface area (Å²) in [5.41, 5.74) is 2.95. The molecule has 0 aliphatic rings. The first-order valence-electron chi connectivity index (χ1n) is 8.48. The Morgan fingerprint density at radius 2 is 1.70 bits per heavy atom. The van der Waals surface area contributed by atoms with Crippen LogP contribution < -0.4 is 4.74 Å². The maximum Gasteiger partial charge on any atom is 0.254 e. The number of halogens is 1. The van der Waals surface area contributed by atoms with Crippen molar-refractivity contribution in [3.05, 3.63) is 77.6 Å². The smallest absolute Gasteiger partial charge is 0.254 e. The SMILES string of the molecule is Clc1ccc(-c2nnc(COc3ccc4c(c3)[nH]c3ccccc34)o2)cc1. The second-order valence-electron chi connectivity index (χ2n) is 6.17. The van der Waals surface area contributed by atoms with Crippen LogP contribution in [0.4, 0.5) is 0 Å². The third kappa shape index (κ3) is 3.02. The molecule has 2 heterocycles. The van der Waals surface area contributed by atoms with Crippen LogP contribution in [0.5, 0.6) is 5.75 Å². The zero-order chi connectivity index (χ0) is 18.2. The van der Waals surface area contributed by atoms with Crippen LogP contribution in [0, 0.1) is 0 Å². The van der Waals surface area contributed by atoms with Gasteiger partial charge in [-0.1, -0.05) is 29.8 Å². The molecular formula is C21H14ClN3O2. The van der Waals surface area contributed by atoms with Crippen molar-refractivity contribution < 1.29 is 9.15 Å². The number of rotatable bonds is 4. The van der Waals surface area contributed by atoms with E-state index in [1.54, 1.807) is 12.1 Å². The van der Waals surface area contributed by atoms with Crippen LogP contribution in [0.15, 0.2) is 71.1 Å². The van der Waals surface area contributed by atoms with Gasteiger partial charge in [-0.05, 0) is 42.5 Å². The Balaban J connectivity index is 1.35. The van der Waals surface area contributed by atoms with E-state index in [1.165, 1.54) is 10.8 Å². The predicted octanol–water partition coefficient (Wildman–Crippen LogP) is 5.60. The lowest BCUT2D eigenvalue weighted by molar-refractivity contribution is 0.265. The summed E-state index contributed by atoms with van der Waals surface area (Å²) in [6, 6.07) is 21.4. The van der Waals surface area contributed by atoms with E-state index in [0.717, 1.165) is 22.3 Å². The van der Waals surface area contributed by atoms with Gasteiger partial charge in [0, 0.05) is 32.9 Å². The van der Waals surface area contributed by atoms with E-state index < -0.39 is 0 Å². The molecule has 6 heteroatoms. The Labute approximate surface area is 159 Å². The van der Waals surface area contributed by atoms with Crippen molar-refractivity contribution >= 4 is 33.4 Å². The number of hydrogen-bond donors (Lipinski definition) is 1. The van der Waals surface area contributed by atoms with Crippen LogP contribution in [0.3, 0.4) is 0 Å². The number of nitrogens with zero attached hydrogens (tertiary/aromatic N) is 2. The first-order chi connectivity index (χ1) is 13.3. The van der Waals surface area contributed by atoms with Gasteiger partial charge in [0.15, 0.2) is 6.61 Å². The molecule has 132 valence electrons. The Bertz CT molecular complexity index is 1240. The molecule has 0 aliphatic carbocycles. The maximum absolute atomic E-state index is 5.90. The van der Waals surface area contributed by atoms with Gasteiger partial charge >= 0.3 is 0 Å². The summed E-state index contributed by atoms with van der Waals surface area (Å²) in [4.78, 5) is 3.40. The molecule has 0 saturated carbocycles. The first-order valence-corrected chi connectivity index (χ1v) is 8.86. The van der Waals surface area contributed by atoms with Crippen LogP contribution in [0.25, 0.3) is 33.3 Å². The molecule has 0 bridgehead atoms. The normalized spacial score (nSPS) is 11.3. The second kappa shape index (κ2) is 6.45. The largest absolute Gasteiger partial charge is 0.484 e. The highest BCUT2D eigenvalue weighted by Gasteiger charge is 2.10. The minimum absolute atomic E-state index is 0.201. The van der Waals surface area contributed by atoms with Gasteiger partial charge in [0.2, 0.25) is 5.89 Å². The van der Waals surface area contributed by atoms with Crippen molar-refractivity contribution in [2.75, 3.05) is 0 Å². The zero-order valence-electron chi connectivity index (χ0n) is 14.1. The Hall–Kier alpha value is -3.31. The summed E-state index contributed by atoms with van der Waals surface area (Å²) in [6.45, 7) is 0.201. The molecule has 0 spiro atoms. The van der Waals surface area contributed by atoms with Crippen molar-refractivity contribution in [3.8, 4) is 17.2 Å². The van der Waals surface area contributed by atoms with E-state index in [1.807, 2.05) is 36.4 Å². The molecule has 1 N–H and O–H groups in total. The van der Waals surface area contributed by atoms with Gasteiger partial charge in [-0.3, -0.25) is 0 Å². The van der Waals surface area contributed by atoms with Gasteiger partial charge in [0.05, 0.1) is 5.52 Å². The van der Waals surface area contributed by atoms with Crippen LogP contribution >= 0.6 is 11.6 Å². The average Bonchev–Trinajstić information content (AvgIpc) is 3.31. The van der Waals surface area contributed by atoms with Crippen LogP contribution in [-0.4, -0.2) is 15.2 Å². The van der Waals surface area contributed by atoms with Crippen LogP contribution in [-0.2, 0) is 6.61 Å². The number of aromatic amines is 1. The van der Waals surface area contributed by atoms with E-state index in [4.69, 9.17) is 20.8 Å². The summed E-state index contributed by atoms with van der Waals surface area (Å²) >= 11 is 5.90. The molecule has 27 heavy (non-hydrogen) atoms.